The van der Waals surface area contributed by atoms with Crippen LogP contribution < -0.4 is 21.3 Å². The van der Waals surface area contributed by atoms with Gasteiger partial charge in [0.15, 0.2) is 16.3 Å². The zero-order chi connectivity index (χ0) is 18.0. The van der Waals surface area contributed by atoms with Gasteiger partial charge in [-0.25, -0.2) is 4.98 Å². The van der Waals surface area contributed by atoms with E-state index in [1.165, 1.54) is 7.11 Å². The largest absolute Gasteiger partial charge is 0.495 e. The van der Waals surface area contributed by atoms with Gasteiger partial charge in [-0.1, -0.05) is 23.4 Å². The minimum Gasteiger partial charge on any atom is -0.495 e. The minimum atomic E-state index is -0.421. The van der Waals surface area contributed by atoms with Crippen molar-refractivity contribution in [2.24, 2.45) is 0 Å². The zero-order valence-corrected chi connectivity index (χ0v) is 15.7. The lowest BCUT2D eigenvalue weighted by Crippen LogP contribution is -2.14. The van der Waals surface area contributed by atoms with E-state index in [0.29, 0.717) is 21.6 Å². The zero-order valence-electron chi connectivity index (χ0n) is 13.3. The minimum absolute atomic E-state index is 0. The molecule has 0 aliphatic rings. The van der Waals surface area contributed by atoms with Gasteiger partial charge in [-0.05, 0) is 18.2 Å². The maximum absolute atomic E-state index is 12.1. The summed E-state index contributed by atoms with van der Waals surface area (Å²) in [6.07, 6.45) is 0. The number of carbonyl (C=O) groups is 1. The lowest BCUT2D eigenvalue weighted by atomic mass is 10.3. The first-order valence-electron chi connectivity index (χ1n) is 6.98. The van der Waals surface area contributed by atoms with Gasteiger partial charge < -0.3 is 20.8 Å². The molecule has 0 bridgehead atoms. The number of carbonyl (C=O) groups excluding carboxylic acids is 1. The highest BCUT2D eigenvalue weighted by molar-refractivity contribution is 7.99. The monoisotopic (exact) mass is 416 g/mol. The lowest BCUT2D eigenvalue weighted by Gasteiger charge is -2.10. The summed E-state index contributed by atoms with van der Waals surface area (Å²) in [5.41, 5.74) is 5.91. The van der Waals surface area contributed by atoms with Crippen LogP contribution in [0, 0.1) is 0 Å². The first kappa shape index (κ1) is 19.9. The van der Waals surface area contributed by atoms with Crippen molar-refractivity contribution in [2.75, 3.05) is 23.9 Å². The van der Waals surface area contributed by atoms with Crippen LogP contribution in [0.1, 0.15) is 0 Å². The van der Waals surface area contributed by atoms with E-state index in [-0.39, 0.29) is 41.2 Å². The van der Waals surface area contributed by atoms with E-state index in [0.717, 1.165) is 11.8 Å². The summed E-state index contributed by atoms with van der Waals surface area (Å²) in [4.78, 5) is 37.1. The number of aromatic amines is 2. The number of nitrogens with one attached hydrogen (secondary N) is 3. The second-order valence-electron chi connectivity index (χ2n) is 4.87. The second-order valence-corrected chi connectivity index (χ2v) is 6.27. The standard InChI is InChI=1S/C14H13ClN6O3S.ClH/c1-24-8-3-2-6(15)4-7(8)17-9(22)5-25-14-18-10-11(20-14)19-13(16)21-12(10)23;/h2-4H,5H2,1H3,(H,17,22)(H4,16,18,19,20,21,23);1H. The highest BCUT2D eigenvalue weighted by Gasteiger charge is 2.12. The van der Waals surface area contributed by atoms with Crippen molar-refractivity contribution in [3.63, 3.8) is 0 Å². The van der Waals surface area contributed by atoms with Crippen LogP contribution in [-0.4, -0.2) is 38.7 Å². The Balaban J connectivity index is 0.00000243. The van der Waals surface area contributed by atoms with Gasteiger partial charge in [-0.2, -0.15) is 4.98 Å². The van der Waals surface area contributed by atoms with Crippen LogP contribution >= 0.6 is 35.8 Å². The highest BCUT2D eigenvalue weighted by atomic mass is 35.5. The number of benzene rings is 1. The SMILES string of the molecule is COc1ccc(Cl)cc1NC(=O)CSc1nc2nc(N)[nH]c(=O)c2[nH]1.Cl. The summed E-state index contributed by atoms with van der Waals surface area (Å²) >= 11 is 7.05. The maximum Gasteiger partial charge on any atom is 0.278 e. The number of nitrogen functional groups attached to an aromatic ring is 1. The maximum atomic E-state index is 12.1. The van der Waals surface area contributed by atoms with Gasteiger partial charge in [0, 0.05) is 5.02 Å². The van der Waals surface area contributed by atoms with Crippen LogP contribution in [0.3, 0.4) is 0 Å². The van der Waals surface area contributed by atoms with E-state index >= 15 is 0 Å². The van der Waals surface area contributed by atoms with Crippen LogP contribution in [-0.2, 0) is 4.79 Å². The van der Waals surface area contributed by atoms with E-state index in [2.05, 4.69) is 25.3 Å². The molecule has 0 aliphatic heterocycles. The molecule has 12 heteroatoms. The van der Waals surface area contributed by atoms with Crippen molar-refractivity contribution in [3.8, 4) is 5.75 Å². The highest BCUT2D eigenvalue weighted by Crippen LogP contribution is 2.28. The molecule has 0 atom stereocenters. The Labute approximate surface area is 162 Å². The molecule has 0 fully saturated rings. The Hall–Kier alpha value is -2.43. The van der Waals surface area contributed by atoms with Crippen LogP contribution in [0.25, 0.3) is 11.2 Å². The Morgan fingerprint density at radius 1 is 1.38 bits per heavy atom. The quantitative estimate of drug-likeness (QED) is 0.466. The Bertz CT molecular complexity index is 1010. The fourth-order valence-electron chi connectivity index (χ4n) is 2.07. The number of methoxy groups -OCH3 is 1. The number of imidazole rings is 1. The van der Waals surface area contributed by atoms with Gasteiger partial charge >= 0.3 is 0 Å². The van der Waals surface area contributed by atoms with Crippen molar-refractivity contribution >= 4 is 64.5 Å². The molecule has 1 aromatic carbocycles. The molecule has 9 nitrogen and oxygen atoms in total. The molecule has 0 unspecified atom stereocenters. The second kappa shape index (κ2) is 8.30. The number of amides is 1. The third kappa shape index (κ3) is 4.40. The number of nitrogens with zero attached hydrogens (tertiary/aromatic N) is 2. The van der Waals surface area contributed by atoms with Crippen LogP contribution in [0.15, 0.2) is 28.2 Å². The molecule has 3 aromatic rings. The Morgan fingerprint density at radius 3 is 2.88 bits per heavy atom. The topological polar surface area (TPSA) is 139 Å². The molecule has 1 amide bonds. The average Bonchev–Trinajstić information content (AvgIpc) is 2.96. The molecular formula is C14H14Cl2N6O3S. The molecule has 0 radical (unpaired) electrons. The third-order valence-electron chi connectivity index (χ3n) is 3.13. The van der Waals surface area contributed by atoms with Crippen LogP contribution in [0.4, 0.5) is 11.6 Å². The summed E-state index contributed by atoms with van der Waals surface area (Å²) in [5.74, 6) is 0.250. The fraction of sp³-hybridized carbons (Fsp3) is 0.143. The number of ether oxygens (including phenoxy) is 1. The number of rotatable bonds is 5. The van der Waals surface area contributed by atoms with Gasteiger partial charge in [0.2, 0.25) is 11.9 Å². The Kier molecular flexibility index (Phi) is 6.35. The molecular weight excluding hydrogens is 403 g/mol. The molecule has 0 saturated carbocycles. The van der Waals surface area contributed by atoms with E-state index in [4.69, 9.17) is 22.1 Å². The van der Waals surface area contributed by atoms with E-state index in [9.17, 15) is 9.59 Å². The van der Waals surface area contributed by atoms with Crippen molar-refractivity contribution in [2.45, 2.75) is 5.16 Å². The molecule has 0 saturated heterocycles. The number of hydrogen-bond donors (Lipinski definition) is 4. The third-order valence-corrected chi connectivity index (χ3v) is 4.24. The summed E-state index contributed by atoms with van der Waals surface area (Å²) in [7, 11) is 1.50. The van der Waals surface area contributed by atoms with E-state index < -0.39 is 5.56 Å². The number of nitrogens with two attached hydrogens (primary N) is 1. The number of aromatic nitrogens is 4. The van der Waals surface area contributed by atoms with Gasteiger partial charge in [0.25, 0.3) is 5.56 Å². The average molecular weight is 417 g/mol. The lowest BCUT2D eigenvalue weighted by molar-refractivity contribution is -0.113. The molecule has 2 aromatic heterocycles. The van der Waals surface area contributed by atoms with Crippen LogP contribution in [0.5, 0.6) is 5.75 Å². The predicted octanol–water partition coefficient (Wildman–Crippen LogP) is 2.04. The summed E-state index contributed by atoms with van der Waals surface area (Å²) in [6, 6.07) is 4.92. The fourth-order valence-corrected chi connectivity index (χ4v) is 2.91. The van der Waals surface area contributed by atoms with E-state index in [1.807, 2.05) is 0 Å². The number of anilines is 2. The summed E-state index contributed by atoms with van der Waals surface area (Å²) in [6.45, 7) is 0. The smallest absolute Gasteiger partial charge is 0.278 e. The summed E-state index contributed by atoms with van der Waals surface area (Å²) in [5, 5.41) is 3.57. The molecule has 5 N–H and O–H groups in total. The van der Waals surface area contributed by atoms with Gasteiger partial charge in [-0.15, -0.1) is 12.4 Å². The van der Waals surface area contributed by atoms with Crippen LogP contribution in [0.2, 0.25) is 5.02 Å². The number of halogens is 2. The molecule has 138 valence electrons. The number of H-pyrrole nitrogens is 2. The molecule has 3 rings (SSSR count). The normalized spacial score (nSPS) is 10.4. The van der Waals surface area contributed by atoms with Crippen molar-refractivity contribution < 1.29 is 9.53 Å². The Morgan fingerprint density at radius 2 is 2.15 bits per heavy atom. The molecule has 0 aliphatic carbocycles. The van der Waals surface area contributed by atoms with Gasteiger partial charge in [0.1, 0.15) is 5.75 Å². The number of thioether (sulfide) groups is 1. The van der Waals surface area contributed by atoms with Gasteiger partial charge in [0.05, 0.1) is 18.6 Å². The predicted molar refractivity (Wildman–Crippen MR) is 104 cm³/mol. The van der Waals surface area contributed by atoms with Crippen molar-refractivity contribution in [1.82, 2.24) is 19.9 Å². The number of hydrogen-bond acceptors (Lipinski definition) is 7. The number of fused-ring (bicyclic) bond motifs is 1. The molecule has 26 heavy (non-hydrogen) atoms. The van der Waals surface area contributed by atoms with Gasteiger partial charge in [-0.3, -0.25) is 14.6 Å². The molecule has 2 heterocycles. The van der Waals surface area contributed by atoms with Crippen molar-refractivity contribution in [3.05, 3.63) is 33.6 Å². The first-order valence-corrected chi connectivity index (χ1v) is 8.34. The summed E-state index contributed by atoms with van der Waals surface area (Å²) < 4.78 is 5.17. The molecule has 0 spiro atoms. The van der Waals surface area contributed by atoms with E-state index in [1.54, 1.807) is 18.2 Å². The first-order chi connectivity index (χ1) is 12.0. The van der Waals surface area contributed by atoms with Crippen molar-refractivity contribution in [1.29, 1.82) is 0 Å².